The molecule has 3 aromatic rings. The van der Waals surface area contributed by atoms with Crippen molar-refractivity contribution in [2.75, 3.05) is 26.3 Å². The predicted octanol–water partition coefficient (Wildman–Crippen LogP) is 4.20. The van der Waals surface area contributed by atoms with Gasteiger partial charge < -0.3 is 4.74 Å². The number of pyridine rings is 1. The first-order valence-corrected chi connectivity index (χ1v) is 9.05. The standard InChI is InChI=1S/C21H19ClN2O2/c22-18-5-6-19-17(13-24-7-9-26-10-8-24)11-20(23-21(19)12-18)16-3-1-15(14-25)2-4-16/h1-6,11-12,14H,7-10,13H2. The van der Waals surface area contributed by atoms with Gasteiger partial charge in [0.2, 0.25) is 0 Å². The zero-order valence-corrected chi connectivity index (χ0v) is 15.1. The average molecular weight is 367 g/mol. The Labute approximate surface area is 157 Å². The molecular formula is C21H19ClN2O2. The first kappa shape index (κ1) is 17.2. The van der Waals surface area contributed by atoms with Crippen LogP contribution in [0.25, 0.3) is 22.2 Å². The fraction of sp³-hybridized carbons (Fsp3) is 0.238. The van der Waals surface area contributed by atoms with Gasteiger partial charge in [0.1, 0.15) is 6.29 Å². The number of ether oxygens (including phenoxy) is 1. The average Bonchev–Trinajstić information content (AvgIpc) is 2.68. The summed E-state index contributed by atoms with van der Waals surface area (Å²) in [4.78, 5) is 18.1. The number of rotatable bonds is 4. The van der Waals surface area contributed by atoms with E-state index in [-0.39, 0.29) is 0 Å². The van der Waals surface area contributed by atoms with Gasteiger partial charge in [0.05, 0.1) is 24.4 Å². The van der Waals surface area contributed by atoms with E-state index in [0.29, 0.717) is 10.6 Å². The van der Waals surface area contributed by atoms with Crippen molar-refractivity contribution >= 4 is 28.8 Å². The Hall–Kier alpha value is -2.27. The number of fused-ring (bicyclic) bond motifs is 1. The molecule has 0 spiro atoms. The van der Waals surface area contributed by atoms with E-state index in [1.807, 2.05) is 42.5 Å². The van der Waals surface area contributed by atoms with Crippen molar-refractivity contribution in [3.63, 3.8) is 0 Å². The Morgan fingerprint density at radius 2 is 1.85 bits per heavy atom. The van der Waals surface area contributed by atoms with Crippen molar-refractivity contribution in [1.29, 1.82) is 0 Å². The van der Waals surface area contributed by atoms with E-state index in [2.05, 4.69) is 11.0 Å². The van der Waals surface area contributed by atoms with E-state index in [1.165, 1.54) is 5.56 Å². The monoisotopic (exact) mass is 366 g/mol. The lowest BCUT2D eigenvalue weighted by atomic mass is 10.0. The van der Waals surface area contributed by atoms with Gasteiger partial charge in [0.15, 0.2) is 0 Å². The van der Waals surface area contributed by atoms with Crippen LogP contribution in [0.5, 0.6) is 0 Å². The smallest absolute Gasteiger partial charge is 0.150 e. The largest absolute Gasteiger partial charge is 0.379 e. The molecule has 2 heterocycles. The summed E-state index contributed by atoms with van der Waals surface area (Å²) >= 11 is 6.20. The second-order valence-electron chi connectivity index (χ2n) is 6.46. The molecule has 0 aliphatic carbocycles. The molecular weight excluding hydrogens is 348 g/mol. The molecule has 0 saturated carbocycles. The molecule has 1 saturated heterocycles. The van der Waals surface area contributed by atoms with E-state index in [9.17, 15) is 4.79 Å². The minimum Gasteiger partial charge on any atom is -0.379 e. The Kier molecular flexibility index (Phi) is 4.98. The third kappa shape index (κ3) is 3.63. The van der Waals surface area contributed by atoms with Crippen LogP contribution in [0, 0.1) is 0 Å². The minimum atomic E-state index is 0.658. The van der Waals surface area contributed by atoms with Crippen LogP contribution in [-0.4, -0.2) is 42.5 Å². The highest BCUT2D eigenvalue weighted by Gasteiger charge is 2.14. The maximum Gasteiger partial charge on any atom is 0.150 e. The molecule has 0 bridgehead atoms. The highest BCUT2D eigenvalue weighted by molar-refractivity contribution is 6.31. The molecule has 132 valence electrons. The number of carbonyl (C=O) groups excluding carboxylic acids is 1. The summed E-state index contributed by atoms with van der Waals surface area (Å²) in [5.41, 5.74) is 4.65. The summed E-state index contributed by atoms with van der Waals surface area (Å²) in [5.74, 6) is 0. The third-order valence-electron chi connectivity index (χ3n) is 4.70. The fourth-order valence-corrected chi connectivity index (χ4v) is 3.45. The van der Waals surface area contributed by atoms with Crippen molar-refractivity contribution in [3.8, 4) is 11.3 Å². The number of nitrogens with zero attached hydrogens (tertiary/aromatic N) is 2. The molecule has 1 fully saturated rings. The molecule has 5 heteroatoms. The molecule has 0 unspecified atom stereocenters. The molecule has 4 rings (SSSR count). The highest BCUT2D eigenvalue weighted by atomic mass is 35.5. The Morgan fingerprint density at radius 1 is 1.08 bits per heavy atom. The molecule has 26 heavy (non-hydrogen) atoms. The van der Waals surface area contributed by atoms with Crippen LogP contribution in [-0.2, 0) is 11.3 Å². The van der Waals surface area contributed by atoms with Crippen molar-refractivity contribution in [2.45, 2.75) is 6.54 Å². The molecule has 4 nitrogen and oxygen atoms in total. The van der Waals surface area contributed by atoms with Crippen LogP contribution in [0.2, 0.25) is 5.02 Å². The number of carbonyl (C=O) groups is 1. The van der Waals surface area contributed by atoms with E-state index >= 15 is 0 Å². The zero-order chi connectivity index (χ0) is 17.9. The Morgan fingerprint density at radius 3 is 2.58 bits per heavy atom. The minimum absolute atomic E-state index is 0.658. The van der Waals surface area contributed by atoms with Gasteiger partial charge in [0.25, 0.3) is 0 Å². The van der Waals surface area contributed by atoms with Gasteiger partial charge in [-0.25, -0.2) is 4.98 Å². The van der Waals surface area contributed by atoms with Gasteiger partial charge in [0, 0.05) is 41.2 Å². The molecule has 0 radical (unpaired) electrons. The summed E-state index contributed by atoms with van der Waals surface area (Å²) < 4.78 is 5.46. The van der Waals surface area contributed by atoms with Crippen LogP contribution in [0.15, 0.2) is 48.5 Å². The molecule has 1 aromatic heterocycles. The van der Waals surface area contributed by atoms with Gasteiger partial charge in [-0.3, -0.25) is 9.69 Å². The lowest BCUT2D eigenvalue weighted by molar-refractivity contribution is 0.0344. The first-order chi connectivity index (χ1) is 12.7. The Balaban J connectivity index is 1.78. The second kappa shape index (κ2) is 7.54. The molecule has 0 atom stereocenters. The number of morpholine rings is 1. The van der Waals surface area contributed by atoms with Crippen molar-refractivity contribution in [1.82, 2.24) is 9.88 Å². The highest BCUT2D eigenvalue weighted by Crippen LogP contribution is 2.28. The fourth-order valence-electron chi connectivity index (χ4n) is 3.28. The first-order valence-electron chi connectivity index (χ1n) is 8.68. The topological polar surface area (TPSA) is 42.4 Å². The number of aromatic nitrogens is 1. The normalized spacial score (nSPS) is 15.3. The number of hydrogen-bond donors (Lipinski definition) is 0. The molecule has 0 amide bonds. The summed E-state index contributed by atoms with van der Waals surface area (Å²) in [6.45, 7) is 4.26. The SMILES string of the molecule is O=Cc1ccc(-c2cc(CN3CCOCC3)c3ccc(Cl)cc3n2)cc1. The summed E-state index contributed by atoms with van der Waals surface area (Å²) in [5, 5.41) is 1.80. The van der Waals surface area contributed by atoms with Gasteiger partial charge in [-0.2, -0.15) is 0 Å². The lowest BCUT2D eigenvalue weighted by Crippen LogP contribution is -2.35. The number of aldehydes is 1. The third-order valence-corrected chi connectivity index (χ3v) is 4.93. The second-order valence-corrected chi connectivity index (χ2v) is 6.89. The van der Waals surface area contributed by atoms with E-state index in [1.54, 1.807) is 0 Å². The molecule has 1 aliphatic heterocycles. The summed E-state index contributed by atoms with van der Waals surface area (Å²) in [6, 6.07) is 15.5. The van der Waals surface area contributed by atoms with Gasteiger partial charge >= 0.3 is 0 Å². The van der Waals surface area contributed by atoms with Crippen molar-refractivity contribution in [3.05, 3.63) is 64.7 Å². The number of hydrogen-bond acceptors (Lipinski definition) is 4. The molecule has 2 aromatic carbocycles. The van der Waals surface area contributed by atoms with Crippen LogP contribution >= 0.6 is 11.6 Å². The van der Waals surface area contributed by atoms with Crippen LogP contribution in [0.3, 0.4) is 0 Å². The van der Waals surface area contributed by atoms with E-state index in [0.717, 1.165) is 61.3 Å². The van der Waals surface area contributed by atoms with Crippen LogP contribution in [0.4, 0.5) is 0 Å². The number of halogens is 1. The Bertz CT molecular complexity index is 935. The quantitative estimate of drug-likeness (QED) is 0.649. The molecule has 0 N–H and O–H groups in total. The van der Waals surface area contributed by atoms with Crippen LogP contribution < -0.4 is 0 Å². The van der Waals surface area contributed by atoms with Crippen LogP contribution in [0.1, 0.15) is 15.9 Å². The van der Waals surface area contributed by atoms with E-state index < -0.39 is 0 Å². The zero-order valence-electron chi connectivity index (χ0n) is 14.3. The van der Waals surface area contributed by atoms with Crippen molar-refractivity contribution in [2.24, 2.45) is 0 Å². The predicted molar refractivity (Wildman–Crippen MR) is 104 cm³/mol. The molecule has 1 aliphatic rings. The van der Waals surface area contributed by atoms with Gasteiger partial charge in [-0.15, -0.1) is 0 Å². The maximum absolute atomic E-state index is 10.9. The summed E-state index contributed by atoms with van der Waals surface area (Å²) in [7, 11) is 0. The van der Waals surface area contributed by atoms with Gasteiger partial charge in [-0.05, 0) is 23.8 Å². The number of benzene rings is 2. The van der Waals surface area contributed by atoms with E-state index in [4.69, 9.17) is 21.3 Å². The maximum atomic E-state index is 10.9. The van der Waals surface area contributed by atoms with Crippen molar-refractivity contribution < 1.29 is 9.53 Å². The van der Waals surface area contributed by atoms with Gasteiger partial charge in [-0.1, -0.05) is 41.9 Å². The lowest BCUT2D eigenvalue weighted by Gasteiger charge is -2.27. The summed E-state index contributed by atoms with van der Waals surface area (Å²) in [6.07, 6.45) is 0.848.